The largest absolute Gasteiger partial charge is 0.378 e. The van der Waals surface area contributed by atoms with E-state index >= 15 is 0 Å². The van der Waals surface area contributed by atoms with E-state index in [0.29, 0.717) is 19.1 Å². The van der Waals surface area contributed by atoms with E-state index in [2.05, 4.69) is 14.9 Å². The predicted molar refractivity (Wildman–Crippen MR) is 99.2 cm³/mol. The van der Waals surface area contributed by atoms with Gasteiger partial charge in [0.1, 0.15) is 0 Å². The van der Waals surface area contributed by atoms with E-state index in [0.717, 1.165) is 31.6 Å². The van der Waals surface area contributed by atoms with Crippen molar-refractivity contribution >= 4 is 11.9 Å². The van der Waals surface area contributed by atoms with Crippen molar-refractivity contribution in [2.24, 2.45) is 5.92 Å². The van der Waals surface area contributed by atoms with Crippen LogP contribution in [-0.4, -0.2) is 78.7 Å². The van der Waals surface area contributed by atoms with Crippen molar-refractivity contribution in [3.63, 3.8) is 0 Å². The van der Waals surface area contributed by atoms with Crippen LogP contribution < -0.4 is 10.5 Å². The molecular weight excluding hydrogens is 334 g/mol. The first-order chi connectivity index (χ1) is 12.3. The van der Waals surface area contributed by atoms with E-state index in [9.17, 15) is 9.59 Å². The lowest BCUT2D eigenvalue weighted by molar-refractivity contribution is -0.136. The highest BCUT2D eigenvalue weighted by Gasteiger charge is 2.37. The summed E-state index contributed by atoms with van der Waals surface area (Å²) >= 11 is 0. The molecule has 1 N–H and O–H groups in total. The van der Waals surface area contributed by atoms with Crippen LogP contribution in [0.5, 0.6) is 0 Å². The highest BCUT2D eigenvalue weighted by atomic mass is 16.5. The number of carbonyl (C=O) groups is 1. The molecule has 3 rings (SSSR count). The van der Waals surface area contributed by atoms with Crippen LogP contribution in [0.1, 0.15) is 25.5 Å². The molecule has 0 saturated carbocycles. The third-order valence-electron chi connectivity index (χ3n) is 5.41. The number of H-pyrrole nitrogens is 1. The normalized spacial score (nSPS) is 25.9. The van der Waals surface area contributed by atoms with Gasteiger partial charge >= 0.3 is 0 Å². The number of hydrogen-bond acceptors (Lipinski definition) is 6. The molecule has 8 heteroatoms. The Morgan fingerprint density at radius 1 is 1.38 bits per heavy atom. The van der Waals surface area contributed by atoms with E-state index in [1.807, 2.05) is 33.0 Å². The Morgan fingerprint density at radius 3 is 2.81 bits per heavy atom. The molecule has 8 nitrogen and oxygen atoms in total. The van der Waals surface area contributed by atoms with Gasteiger partial charge in [-0.2, -0.15) is 0 Å². The third kappa shape index (κ3) is 4.07. The van der Waals surface area contributed by atoms with Crippen LogP contribution in [0.15, 0.2) is 10.9 Å². The van der Waals surface area contributed by atoms with Gasteiger partial charge in [-0.3, -0.25) is 19.5 Å². The van der Waals surface area contributed by atoms with Gasteiger partial charge in [0.2, 0.25) is 11.9 Å². The molecule has 2 aliphatic rings. The van der Waals surface area contributed by atoms with E-state index in [1.165, 1.54) is 0 Å². The molecule has 0 spiro atoms. The maximum atomic E-state index is 12.7. The molecule has 0 aromatic carbocycles. The minimum atomic E-state index is -0.148. The lowest BCUT2D eigenvalue weighted by Crippen LogP contribution is -2.40. The van der Waals surface area contributed by atoms with Gasteiger partial charge in [0.05, 0.1) is 17.7 Å². The van der Waals surface area contributed by atoms with Crippen molar-refractivity contribution in [2.45, 2.75) is 38.5 Å². The number of anilines is 1. The van der Waals surface area contributed by atoms with Gasteiger partial charge < -0.3 is 14.5 Å². The average molecular weight is 363 g/mol. The molecule has 1 amide bonds. The first-order valence-electron chi connectivity index (χ1n) is 9.23. The summed E-state index contributed by atoms with van der Waals surface area (Å²) < 4.78 is 5.54. The van der Waals surface area contributed by atoms with Crippen LogP contribution >= 0.6 is 0 Å². The van der Waals surface area contributed by atoms with Gasteiger partial charge in [-0.25, -0.2) is 4.98 Å². The Labute approximate surface area is 154 Å². The third-order valence-corrected chi connectivity index (χ3v) is 5.41. The number of carbonyl (C=O) groups excluding carboxylic acids is 1. The molecule has 2 aliphatic heterocycles. The first-order valence-corrected chi connectivity index (χ1v) is 9.23. The van der Waals surface area contributed by atoms with Gasteiger partial charge in [0.15, 0.2) is 0 Å². The SMILES string of the molecule is C[C@@H]1OCC[C@H]1C(=O)N1CC[C@@H](N(C)Cc2cc(=O)[nH]c(N(C)C)n2)C1. The molecule has 0 unspecified atom stereocenters. The Balaban J connectivity index is 1.60. The standard InChI is InChI=1S/C18H29N5O3/c1-12-15(6-8-26-12)17(25)23-7-5-14(11-23)22(4)10-13-9-16(24)20-18(19-13)21(2)3/h9,12,14-15H,5-8,10-11H2,1-4H3,(H,19,20,24)/t12-,14+,15+/m0/s1. The number of rotatable bonds is 5. The van der Waals surface area contributed by atoms with Crippen molar-refractivity contribution in [3.8, 4) is 0 Å². The van der Waals surface area contributed by atoms with E-state index in [1.54, 1.807) is 11.0 Å². The predicted octanol–water partition coefficient (Wildman–Crippen LogP) is 0.294. The number of nitrogens with one attached hydrogen (secondary N) is 1. The van der Waals surface area contributed by atoms with E-state index in [4.69, 9.17) is 4.74 Å². The number of likely N-dealkylation sites (N-methyl/N-ethyl adjacent to an activating group) is 1. The van der Waals surface area contributed by atoms with Gasteiger partial charge in [-0.1, -0.05) is 0 Å². The van der Waals surface area contributed by atoms with Crippen LogP contribution in [0.3, 0.4) is 0 Å². The molecule has 1 aromatic rings. The Bertz CT molecular complexity index is 704. The molecule has 1 aromatic heterocycles. The molecule has 26 heavy (non-hydrogen) atoms. The highest BCUT2D eigenvalue weighted by molar-refractivity contribution is 5.80. The molecule has 3 heterocycles. The maximum absolute atomic E-state index is 12.7. The number of nitrogens with zero attached hydrogens (tertiary/aromatic N) is 4. The smallest absolute Gasteiger partial charge is 0.252 e. The average Bonchev–Trinajstić information content (AvgIpc) is 3.22. The lowest BCUT2D eigenvalue weighted by Gasteiger charge is -2.26. The Hall–Kier alpha value is -1.93. The van der Waals surface area contributed by atoms with Crippen molar-refractivity contribution in [1.82, 2.24) is 19.8 Å². The molecule has 0 bridgehead atoms. The van der Waals surface area contributed by atoms with Crippen molar-refractivity contribution in [1.29, 1.82) is 0 Å². The second-order valence-electron chi connectivity index (χ2n) is 7.57. The maximum Gasteiger partial charge on any atom is 0.252 e. The quantitative estimate of drug-likeness (QED) is 0.810. The van der Waals surface area contributed by atoms with Crippen LogP contribution in [0.2, 0.25) is 0 Å². The zero-order valence-electron chi connectivity index (χ0n) is 16.1. The second kappa shape index (κ2) is 7.75. The summed E-state index contributed by atoms with van der Waals surface area (Å²) in [6, 6.07) is 1.82. The summed E-state index contributed by atoms with van der Waals surface area (Å²) in [6.07, 6.45) is 1.78. The fraction of sp³-hybridized carbons (Fsp3) is 0.722. The lowest BCUT2D eigenvalue weighted by atomic mass is 10.0. The molecule has 0 aliphatic carbocycles. The van der Waals surface area contributed by atoms with Crippen LogP contribution in [0.4, 0.5) is 5.95 Å². The highest BCUT2D eigenvalue weighted by Crippen LogP contribution is 2.26. The summed E-state index contributed by atoms with van der Waals surface area (Å²) in [6.45, 7) is 4.75. The number of amides is 1. The van der Waals surface area contributed by atoms with Gasteiger partial charge in [0, 0.05) is 52.4 Å². The number of likely N-dealkylation sites (tertiary alicyclic amines) is 1. The molecule has 0 radical (unpaired) electrons. The minimum absolute atomic E-state index is 0.00365. The topological polar surface area (TPSA) is 81.8 Å². The molecule has 2 fully saturated rings. The Kier molecular flexibility index (Phi) is 5.62. The molecule has 144 valence electrons. The second-order valence-corrected chi connectivity index (χ2v) is 7.57. The number of aromatic nitrogens is 2. The monoisotopic (exact) mass is 363 g/mol. The summed E-state index contributed by atoms with van der Waals surface area (Å²) in [5, 5.41) is 0. The zero-order chi connectivity index (χ0) is 18.8. The summed E-state index contributed by atoms with van der Waals surface area (Å²) in [7, 11) is 5.72. The minimum Gasteiger partial charge on any atom is -0.378 e. The molecular formula is C18H29N5O3. The van der Waals surface area contributed by atoms with Crippen LogP contribution in [0.25, 0.3) is 0 Å². The fourth-order valence-electron chi connectivity index (χ4n) is 3.76. The van der Waals surface area contributed by atoms with Crippen molar-refractivity contribution < 1.29 is 9.53 Å². The summed E-state index contributed by atoms with van der Waals surface area (Å²) in [5.41, 5.74) is 0.591. The first kappa shape index (κ1) is 18.8. The van der Waals surface area contributed by atoms with Crippen LogP contribution in [0, 0.1) is 5.92 Å². The van der Waals surface area contributed by atoms with Crippen LogP contribution in [-0.2, 0) is 16.1 Å². The van der Waals surface area contributed by atoms with Gasteiger partial charge in [-0.05, 0) is 26.8 Å². The van der Waals surface area contributed by atoms with Gasteiger partial charge in [-0.15, -0.1) is 0 Å². The number of hydrogen-bond donors (Lipinski definition) is 1. The van der Waals surface area contributed by atoms with Crippen molar-refractivity contribution in [3.05, 3.63) is 22.1 Å². The number of ether oxygens (including phenoxy) is 1. The van der Waals surface area contributed by atoms with Gasteiger partial charge in [0.25, 0.3) is 5.56 Å². The fourth-order valence-corrected chi connectivity index (χ4v) is 3.76. The molecule has 2 saturated heterocycles. The number of aromatic amines is 1. The van der Waals surface area contributed by atoms with Crippen molar-refractivity contribution in [2.75, 3.05) is 45.7 Å². The summed E-state index contributed by atoms with van der Waals surface area (Å²) in [4.78, 5) is 37.7. The molecule has 3 atom stereocenters. The van der Waals surface area contributed by atoms with E-state index in [-0.39, 0.29) is 29.5 Å². The Morgan fingerprint density at radius 2 is 2.15 bits per heavy atom. The zero-order valence-corrected chi connectivity index (χ0v) is 16.1. The van der Waals surface area contributed by atoms with E-state index < -0.39 is 0 Å². The summed E-state index contributed by atoms with van der Waals surface area (Å²) in [5.74, 6) is 0.769.